The van der Waals surface area contributed by atoms with Crippen LogP contribution in [0.25, 0.3) is 11.2 Å². The summed E-state index contributed by atoms with van der Waals surface area (Å²) in [7, 11) is -4.86. The number of nitrogen functional groups attached to an aromatic ring is 1. The van der Waals surface area contributed by atoms with E-state index >= 15 is 0 Å². The summed E-state index contributed by atoms with van der Waals surface area (Å²) < 4.78 is 28.6. The summed E-state index contributed by atoms with van der Waals surface area (Å²) in [5.74, 6) is 0.357. The number of fused-ring (bicyclic) bond motifs is 1. The lowest BCUT2D eigenvalue weighted by molar-refractivity contribution is -0.351. The van der Waals surface area contributed by atoms with Crippen LogP contribution in [0.4, 0.5) is 5.95 Å². The van der Waals surface area contributed by atoms with Crippen molar-refractivity contribution in [2.24, 2.45) is 0 Å². The minimum atomic E-state index is -4.86. The quantitative estimate of drug-likeness (QED) is 0.156. The molecule has 2 aromatic heterocycles. The van der Waals surface area contributed by atoms with Crippen LogP contribution in [0.1, 0.15) is 6.42 Å². The number of hydrogen-bond donors (Lipinski definition) is 6. The van der Waals surface area contributed by atoms with Gasteiger partial charge in [-0.3, -0.25) is 14.3 Å². The molecule has 3 aromatic rings. The summed E-state index contributed by atoms with van der Waals surface area (Å²) in [6, 6.07) is 8.82. The maximum Gasteiger partial charge on any atom is 0.469 e. The number of aliphatic hydroxyl groups excluding tert-OH is 2. The van der Waals surface area contributed by atoms with Crippen LogP contribution in [-0.2, 0) is 19.6 Å². The van der Waals surface area contributed by atoms with E-state index in [1.165, 1.54) is 10.9 Å². The minimum Gasteiger partial charge on any atom is -1.00 e. The number of H-pyrrole nitrogens is 2. The standard InChI is InChI=1S/C18H22N5O9P.ClH/c19-17-21-15-12(16(26)22-17)20-9-23(15)18(6-7-30-10-4-2-1-3-5-10)14(25)13(24)11(32-18)8-31-33(27,28)29;/h1-5,9,11,13-14,24-25H,6-8H2,(H2,27,28,29)(H3,19,21,22,26);1H/t11-,13-,14-,18-;/m1./s1. The van der Waals surface area contributed by atoms with E-state index in [0.29, 0.717) is 5.75 Å². The largest absolute Gasteiger partial charge is 1.00 e. The molecule has 4 atom stereocenters. The number of halogens is 1. The van der Waals surface area contributed by atoms with Crippen LogP contribution in [0.5, 0.6) is 5.75 Å². The van der Waals surface area contributed by atoms with Gasteiger partial charge < -0.3 is 47.6 Å². The minimum absolute atomic E-state index is 0. The summed E-state index contributed by atoms with van der Waals surface area (Å²) in [6.07, 6.45) is -3.27. The van der Waals surface area contributed by atoms with Gasteiger partial charge >= 0.3 is 13.4 Å². The Balaban J connectivity index is 0.00000324. The number of phosphoric acid groups is 1. The number of aliphatic hydroxyl groups is 2. The molecule has 0 bridgehead atoms. The maximum absolute atomic E-state index is 12.3. The highest BCUT2D eigenvalue weighted by Crippen LogP contribution is 2.42. The third-order valence-corrected chi connectivity index (χ3v) is 5.78. The first kappa shape index (κ1) is 26.1. The fraction of sp³-hybridized carbons (Fsp3) is 0.389. The van der Waals surface area contributed by atoms with Gasteiger partial charge in [0.25, 0.3) is 11.2 Å². The molecule has 0 spiro atoms. The fourth-order valence-electron chi connectivity index (χ4n) is 3.79. The van der Waals surface area contributed by atoms with Crippen molar-refractivity contribution in [3.05, 3.63) is 47.0 Å². The third-order valence-electron chi connectivity index (χ3n) is 5.29. The van der Waals surface area contributed by atoms with Gasteiger partial charge in [-0.25, -0.2) is 9.55 Å². The Morgan fingerprint density at radius 1 is 1.29 bits per heavy atom. The Morgan fingerprint density at radius 3 is 2.68 bits per heavy atom. The zero-order valence-electron chi connectivity index (χ0n) is 17.4. The second-order valence-corrected chi connectivity index (χ2v) is 8.67. The van der Waals surface area contributed by atoms with E-state index in [2.05, 4.69) is 19.5 Å². The van der Waals surface area contributed by atoms with E-state index in [1.807, 2.05) is 6.07 Å². The number of nitrogens with one attached hydrogen (secondary N) is 2. The molecular weight excluding hydrogens is 497 g/mol. The molecule has 34 heavy (non-hydrogen) atoms. The highest BCUT2D eigenvalue weighted by Gasteiger charge is 2.60. The predicted molar refractivity (Wildman–Crippen MR) is 111 cm³/mol. The first-order chi connectivity index (χ1) is 15.6. The van der Waals surface area contributed by atoms with Crippen LogP contribution in [0.3, 0.4) is 0 Å². The maximum atomic E-state index is 12.3. The normalized spacial score (nSPS) is 24.8. The molecule has 1 aliphatic rings. The molecule has 186 valence electrons. The number of phosphoric ester groups is 1. The number of para-hydroxylation sites is 1. The average molecular weight is 520 g/mol. The molecule has 0 aliphatic carbocycles. The number of rotatable bonds is 8. The van der Waals surface area contributed by atoms with Gasteiger partial charge in [-0.05, 0) is 12.1 Å². The number of aromatic amines is 2. The molecule has 1 fully saturated rings. The second kappa shape index (κ2) is 9.98. The Bertz CT molecular complexity index is 1240. The first-order valence-electron chi connectivity index (χ1n) is 9.81. The summed E-state index contributed by atoms with van der Waals surface area (Å²) in [5, 5.41) is 21.6. The summed E-state index contributed by atoms with van der Waals surface area (Å²) in [4.78, 5) is 39.5. The predicted octanol–water partition coefficient (Wildman–Crippen LogP) is -4.52. The first-order valence-corrected chi connectivity index (χ1v) is 11.3. The summed E-state index contributed by atoms with van der Waals surface area (Å²) in [6.45, 7) is -0.707. The highest BCUT2D eigenvalue weighted by molar-refractivity contribution is 7.46. The number of ether oxygens (including phenoxy) is 2. The lowest BCUT2D eigenvalue weighted by Gasteiger charge is -2.29. The Morgan fingerprint density at radius 2 is 2.00 bits per heavy atom. The molecule has 14 nitrogen and oxygen atoms in total. The van der Waals surface area contributed by atoms with Crippen LogP contribution in [0, 0.1) is 0 Å². The van der Waals surface area contributed by atoms with Gasteiger partial charge in [0.15, 0.2) is 6.10 Å². The van der Waals surface area contributed by atoms with Crippen molar-refractivity contribution in [1.29, 1.82) is 0 Å². The van der Waals surface area contributed by atoms with Crippen molar-refractivity contribution >= 4 is 24.9 Å². The average Bonchev–Trinajstić information content (AvgIpc) is 3.28. The summed E-state index contributed by atoms with van der Waals surface area (Å²) in [5.41, 5.74) is 3.42. The molecular formula is C18H23ClN5O9P. The molecule has 1 aromatic carbocycles. The summed E-state index contributed by atoms with van der Waals surface area (Å²) >= 11 is 0. The fourth-order valence-corrected chi connectivity index (χ4v) is 4.14. The van der Waals surface area contributed by atoms with E-state index in [1.54, 1.807) is 24.3 Å². The molecule has 0 unspecified atom stereocenters. The SMILES string of the molecule is Nc1nc2c([nH+]cn2[C@]2(CCOc3ccccc3)O[C@H](COP(=O)(O)O)[C@@H](O)[C@H]2O)c(=O)[nH]1.[Cl-]. The Labute approximate surface area is 198 Å². The van der Waals surface area contributed by atoms with E-state index in [4.69, 9.17) is 25.0 Å². The van der Waals surface area contributed by atoms with Crippen molar-refractivity contribution in [3.8, 4) is 5.75 Å². The van der Waals surface area contributed by atoms with Gasteiger partial charge in [0, 0.05) is 0 Å². The molecule has 1 aliphatic heterocycles. The van der Waals surface area contributed by atoms with E-state index in [-0.39, 0.29) is 42.5 Å². The lowest BCUT2D eigenvalue weighted by Crippen LogP contribution is -3.00. The van der Waals surface area contributed by atoms with Crippen molar-refractivity contribution in [1.82, 2.24) is 14.5 Å². The topological polar surface area (TPSA) is 217 Å². The van der Waals surface area contributed by atoms with Crippen molar-refractivity contribution in [2.45, 2.75) is 30.5 Å². The molecule has 4 rings (SSSR count). The third kappa shape index (κ3) is 5.09. The zero-order chi connectivity index (χ0) is 23.8. The molecule has 3 heterocycles. The molecule has 0 radical (unpaired) electrons. The molecule has 0 amide bonds. The van der Waals surface area contributed by atoms with Gasteiger partial charge in [0.1, 0.15) is 18.0 Å². The number of aromatic nitrogens is 4. The van der Waals surface area contributed by atoms with E-state index < -0.39 is 44.0 Å². The Hall–Kier alpha value is -2.55. The molecule has 0 saturated carbocycles. The van der Waals surface area contributed by atoms with Crippen molar-refractivity contribution < 1.29 is 56.0 Å². The van der Waals surface area contributed by atoms with Crippen LogP contribution in [0.15, 0.2) is 41.5 Å². The van der Waals surface area contributed by atoms with Gasteiger partial charge in [0.2, 0.25) is 18.0 Å². The van der Waals surface area contributed by atoms with Crippen molar-refractivity contribution in [2.75, 3.05) is 18.9 Å². The van der Waals surface area contributed by atoms with Gasteiger partial charge in [0.05, 0.1) is 19.6 Å². The highest BCUT2D eigenvalue weighted by atomic mass is 35.5. The Kier molecular flexibility index (Phi) is 7.65. The number of nitrogens with two attached hydrogens (primary N) is 1. The smallest absolute Gasteiger partial charge is 0.469 e. The molecule has 1 saturated heterocycles. The van der Waals surface area contributed by atoms with Crippen LogP contribution < -0.4 is 33.4 Å². The number of hydrogen-bond acceptors (Lipinski definition) is 9. The second-order valence-electron chi connectivity index (χ2n) is 7.43. The lowest BCUT2D eigenvalue weighted by atomic mass is 9.99. The molecule has 8 N–H and O–H groups in total. The van der Waals surface area contributed by atoms with Crippen LogP contribution >= 0.6 is 7.82 Å². The van der Waals surface area contributed by atoms with Crippen molar-refractivity contribution in [3.63, 3.8) is 0 Å². The number of nitrogens with zero attached hydrogens (tertiary/aromatic N) is 2. The van der Waals surface area contributed by atoms with Gasteiger partial charge in [-0.2, -0.15) is 9.55 Å². The van der Waals surface area contributed by atoms with E-state index in [0.717, 1.165) is 0 Å². The zero-order valence-corrected chi connectivity index (χ0v) is 19.1. The van der Waals surface area contributed by atoms with Gasteiger partial charge in [-0.15, -0.1) is 0 Å². The number of anilines is 1. The van der Waals surface area contributed by atoms with Crippen LogP contribution in [0.2, 0.25) is 0 Å². The molecule has 16 heteroatoms. The van der Waals surface area contributed by atoms with E-state index in [9.17, 15) is 19.6 Å². The number of imidazole rings is 1. The number of benzene rings is 1. The van der Waals surface area contributed by atoms with Crippen LogP contribution in [-0.4, -0.2) is 66.1 Å². The monoisotopic (exact) mass is 519 g/mol. The van der Waals surface area contributed by atoms with Gasteiger partial charge in [-0.1, -0.05) is 18.2 Å².